The Morgan fingerprint density at radius 2 is 1.75 bits per heavy atom. The molecule has 1 atom stereocenters. The molecule has 0 fully saturated rings. The van der Waals surface area contributed by atoms with Crippen LogP contribution in [0.1, 0.15) is 28.8 Å². The van der Waals surface area contributed by atoms with E-state index in [0.29, 0.717) is 6.54 Å². The van der Waals surface area contributed by atoms with E-state index < -0.39 is 0 Å². The first-order valence-corrected chi connectivity index (χ1v) is 8.39. The van der Waals surface area contributed by atoms with Gasteiger partial charge in [-0.3, -0.25) is 0 Å². The number of rotatable bonds is 6. The number of hydrogen-bond acceptors (Lipinski definition) is 3. The molecule has 0 radical (unpaired) electrons. The van der Waals surface area contributed by atoms with E-state index in [4.69, 9.17) is 11.6 Å². The summed E-state index contributed by atoms with van der Waals surface area (Å²) in [7, 11) is 1.98. The fourth-order valence-electron chi connectivity index (χ4n) is 2.70. The summed E-state index contributed by atoms with van der Waals surface area (Å²) < 4.78 is 2.00. The van der Waals surface area contributed by atoms with E-state index in [-0.39, 0.29) is 6.04 Å². The molecule has 0 aliphatic carbocycles. The van der Waals surface area contributed by atoms with Gasteiger partial charge in [-0.1, -0.05) is 60.1 Å². The molecule has 0 unspecified atom stereocenters. The molecule has 1 aromatic heterocycles. The highest BCUT2D eigenvalue weighted by molar-refractivity contribution is 6.31. The van der Waals surface area contributed by atoms with Crippen molar-refractivity contribution in [3.63, 3.8) is 0 Å². The molecule has 0 saturated heterocycles. The maximum atomic E-state index is 6.35. The lowest BCUT2D eigenvalue weighted by Gasteiger charge is -2.20. The zero-order valence-corrected chi connectivity index (χ0v) is 14.7. The average Bonchev–Trinajstić information content (AvgIpc) is 2.93. The smallest absolute Gasteiger partial charge is 0.146 e. The Bertz CT molecular complexity index is 798. The number of benzene rings is 2. The van der Waals surface area contributed by atoms with Gasteiger partial charge in [0, 0.05) is 18.1 Å². The molecule has 0 amide bonds. The van der Waals surface area contributed by atoms with Crippen LogP contribution in [0.2, 0.25) is 5.02 Å². The minimum Gasteiger partial charge on any atom is -0.317 e. The summed E-state index contributed by atoms with van der Waals surface area (Å²) in [6, 6.07) is 18.6. The Hall–Kier alpha value is -2.17. The maximum Gasteiger partial charge on any atom is 0.146 e. The largest absolute Gasteiger partial charge is 0.317 e. The van der Waals surface area contributed by atoms with Gasteiger partial charge >= 0.3 is 0 Å². The normalized spacial score (nSPS) is 12.3. The molecule has 1 heterocycles. The zero-order valence-electron chi connectivity index (χ0n) is 13.9. The molecule has 24 heavy (non-hydrogen) atoms. The number of aromatic nitrogens is 3. The van der Waals surface area contributed by atoms with Crippen molar-refractivity contribution in [2.45, 2.75) is 25.9 Å². The van der Waals surface area contributed by atoms with Gasteiger partial charge in [0.05, 0.1) is 6.54 Å². The van der Waals surface area contributed by atoms with Gasteiger partial charge in [0.15, 0.2) is 0 Å². The van der Waals surface area contributed by atoms with Crippen molar-refractivity contribution in [2.24, 2.45) is 7.05 Å². The standard InChI is InChI=1S/C19H21ClN4/c1-14-22-23-19(24(14)2)13-21-18(15-8-4-3-5-9-15)12-16-10-6-7-11-17(16)20/h3-11,18,21H,12-13H2,1-2H3/t18-/m0/s1. The van der Waals surface area contributed by atoms with Crippen LogP contribution in [0.4, 0.5) is 0 Å². The topological polar surface area (TPSA) is 42.7 Å². The second-order valence-electron chi connectivity index (χ2n) is 5.86. The molecule has 4 nitrogen and oxygen atoms in total. The summed E-state index contributed by atoms with van der Waals surface area (Å²) in [6.07, 6.45) is 0.820. The maximum absolute atomic E-state index is 6.35. The Labute approximate surface area is 147 Å². The summed E-state index contributed by atoms with van der Waals surface area (Å²) in [5, 5.41) is 12.7. The summed E-state index contributed by atoms with van der Waals surface area (Å²) >= 11 is 6.35. The summed E-state index contributed by atoms with van der Waals surface area (Å²) in [5.41, 5.74) is 2.37. The van der Waals surface area contributed by atoms with Gasteiger partial charge in [0.2, 0.25) is 0 Å². The summed E-state index contributed by atoms with van der Waals surface area (Å²) in [5.74, 6) is 1.83. The first-order valence-electron chi connectivity index (χ1n) is 8.01. The van der Waals surface area contributed by atoms with Crippen LogP contribution in [0.25, 0.3) is 0 Å². The first-order chi connectivity index (χ1) is 11.6. The first kappa shape index (κ1) is 16.7. The highest BCUT2D eigenvalue weighted by Gasteiger charge is 2.15. The predicted molar refractivity (Wildman–Crippen MR) is 96.9 cm³/mol. The van der Waals surface area contributed by atoms with E-state index in [2.05, 4.69) is 45.8 Å². The number of nitrogens with one attached hydrogen (secondary N) is 1. The van der Waals surface area contributed by atoms with Gasteiger partial charge in [-0.2, -0.15) is 0 Å². The van der Waals surface area contributed by atoms with E-state index >= 15 is 0 Å². The second kappa shape index (κ2) is 7.60. The number of hydrogen-bond donors (Lipinski definition) is 1. The van der Waals surface area contributed by atoms with Crippen LogP contribution < -0.4 is 5.32 Å². The van der Waals surface area contributed by atoms with Gasteiger partial charge in [-0.25, -0.2) is 0 Å². The molecule has 3 aromatic rings. The second-order valence-corrected chi connectivity index (χ2v) is 6.27. The van der Waals surface area contributed by atoms with Gasteiger partial charge < -0.3 is 9.88 Å². The lowest BCUT2D eigenvalue weighted by atomic mass is 9.99. The average molecular weight is 341 g/mol. The molecule has 2 aromatic carbocycles. The molecule has 5 heteroatoms. The molecule has 0 saturated carbocycles. The van der Waals surface area contributed by atoms with Crippen LogP contribution in [0.3, 0.4) is 0 Å². The monoisotopic (exact) mass is 340 g/mol. The highest BCUT2D eigenvalue weighted by Crippen LogP contribution is 2.23. The minimum atomic E-state index is 0.156. The fraction of sp³-hybridized carbons (Fsp3) is 0.263. The van der Waals surface area contributed by atoms with Gasteiger partial charge in [-0.15, -0.1) is 10.2 Å². The summed E-state index contributed by atoms with van der Waals surface area (Å²) in [4.78, 5) is 0. The van der Waals surface area contributed by atoms with Crippen LogP contribution in [-0.2, 0) is 20.0 Å². The van der Waals surface area contributed by atoms with Gasteiger partial charge in [0.1, 0.15) is 11.6 Å². The van der Waals surface area contributed by atoms with Crippen LogP contribution >= 0.6 is 11.6 Å². The van der Waals surface area contributed by atoms with E-state index in [0.717, 1.165) is 28.7 Å². The van der Waals surface area contributed by atoms with Crippen molar-refractivity contribution in [3.05, 3.63) is 82.4 Å². The molecule has 124 valence electrons. The minimum absolute atomic E-state index is 0.156. The van der Waals surface area contributed by atoms with E-state index in [9.17, 15) is 0 Å². The van der Waals surface area contributed by atoms with Crippen LogP contribution in [-0.4, -0.2) is 14.8 Å². The van der Waals surface area contributed by atoms with E-state index in [1.807, 2.05) is 42.8 Å². The predicted octanol–water partition coefficient (Wildman–Crippen LogP) is 3.85. The van der Waals surface area contributed by atoms with Crippen LogP contribution in [0, 0.1) is 6.92 Å². The molecule has 1 N–H and O–H groups in total. The Morgan fingerprint density at radius 1 is 1.04 bits per heavy atom. The van der Waals surface area contributed by atoms with Crippen molar-refractivity contribution in [2.75, 3.05) is 0 Å². The Morgan fingerprint density at radius 3 is 2.42 bits per heavy atom. The highest BCUT2D eigenvalue weighted by atomic mass is 35.5. The third kappa shape index (κ3) is 3.83. The third-order valence-electron chi connectivity index (χ3n) is 4.27. The van der Waals surface area contributed by atoms with Gasteiger partial charge in [-0.05, 0) is 30.5 Å². The molecule has 0 aliphatic rings. The molecule has 3 rings (SSSR count). The number of halogens is 1. The molecular weight excluding hydrogens is 320 g/mol. The quantitative estimate of drug-likeness (QED) is 0.741. The lowest BCUT2D eigenvalue weighted by Crippen LogP contribution is -2.24. The molecule has 0 bridgehead atoms. The third-order valence-corrected chi connectivity index (χ3v) is 4.64. The van der Waals surface area contributed by atoms with Crippen LogP contribution in [0.5, 0.6) is 0 Å². The van der Waals surface area contributed by atoms with E-state index in [1.165, 1.54) is 5.56 Å². The SMILES string of the molecule is Cc1nnc(CN[C@@H](Cc2ccccc2Cl)c2ccccc2)n1C. The van der Waals surface area contributed by atoms with Crippen molar-refractivity contribution < 1.29 is 0 Å². The number of nitrogens with zero attached hydrogens (tertiary/aromatic N) is 3. The molecule has 0 spiro atoms. The zero-order chi connectivity index (χ0) is 16.9. The Balaban J connectivity index is 1.80. The molecular formula is C19H21ClN4. The fourth-order valence-corrected chi connectivity index (χ4v) is 2.91. The van der Waals surface area contributed by atoms with Crippen molar-refractivity contribution in [1.29, 1.82) is 0 Å². The lowest BCUT2D eigenvalue weighted by molar-refractivity contribution is 0.511. The molecule has 0 aliphatic heterocycles. The van der Waals surface area contributed by atoms with Crippen molar-refractivity contribution in [1.82, 2.24) is 20.1 Å². The number of aryl methyl sites for hydroxylation is 1. The van der Waals surface area contributed by atoms with Crippen molar-refractivity contribution in [3.8, 4) is 0 Å². The summed E-state index contributed by atoms with van der Waals surface area (Å²) in [6.45, 7) is 2.61. The van der Waals surface area contributed by atoms with Crippen molar-refractivity contribution >= 4 is 11.6 Å². The Kier molecular flexibility index (Phi) is 5.28. The van der Waals surface area contributed by atoms with E-state index in [1.54, 1.807) is 0 Å². The van der Waals surface area contributed by atoms with Gasteiger partial charge in [0.25, 0.3) is 0 Å². The van der Waals surface area contributed by atoms with Crippen LogP contribution in [0.15, 0.2) is 54.6 Å².